The molecule has 0 aliphatic carbocycles. The molecular formula is C15H16INO2. The fraction of sp³-hybridized carbons (Fsp3) is 0.200. The molecule has 2 aromatic carbocycles. The molecule has 2 aromatic rings. The van der Waals surface area contributed by atoms with Crippen LogP contribution >= 0.6 is 22.6 Å². The van der Waals surface area contributed by atoms with E-state index in [1.165, 1.54) is 0 Å². The lowest BCUT2D eigenvalue weighted by molar-refractivity contribution is 0.214. The Bertz CT molecular complexity index is 528. The zero-order valence-electron chi connectivity index (χ0n) is 10.7. The average molecular weight is 369 g/mol. The summed E-state index contributed by atoms with van der Waals surface area (Å²) in [6.45, 7) is 0.428. The lowest BCUT2D eigenvalue weighted by Gasteiger charge is -2.18. The third kappa shape index (κ3) is 3.84. The van der Waals surface area contributed by atoms with E-state index in [1.807, 2.05) is 48.5 Å². The first-order chi connectivity index (χ1) is 9.22. The van der Waals surface area contributed by atoms with Gasteiger partial charge < -0.3 is 15.2 Å². The topological polar surface area (TPSA) is 44.5 Å². The van der Waals surface area contributed by atoms with Crippen LogP contribution in [0.25, 0.3) is 0 Å². The van der Waals surface area contributed by atoms with Crippen molar-refractivity contribution >= 4 is 22.6 Å². The maximum Gasteiger partial charge on any atom is 0.136 e. The molecule has 0 amide bonds. The molecule has 2 rings (SSSR count). The van der Waals surface area contributed by atoms with Gasteiger partial charge in [0.05, 0.1) is 7.11 Å². The molecule has 0 saturated carbocycles. The van der Waals surface area contributed by atoms with Gasteiger partial charge in [-0.25, -0.2) is 0 Å². The molecule has 3 nitrogen and oxygen atoms in total. The minimum Gasteiger partial charge on any atom is -0.497 e. The average Bonchev–Trinajstić information content (AvgIpc) is 2.45. The second-order valence-electron chi connectivity index (χ2n) is 4.07. The molecule has 0 radical (unpaired) electrons. The number of ether oxygens (including phenoxy) is 2. The van der Waals surface area contributed by atoms with Crippen LogP contribution in [0.3, 0.4) is 0 Å². The molecule has 2 N–H and O–H groups in total. The molecule has 0 bridgehead atoms. The van der Waals surface area contributed by atoms with Crippen LogP contribution in [0.1, 0.15) is 11.7 Å². The minimum absolute atomic E-state index is 0.149. The van der Waals surface area contributed by atoms with E-state index in [0.29, 0.717) is 6.54 Å². The summed E-state index contributed by atoms with van der Waals surface area (Å²) in [5.74, 6) is 1.66. The summed E-state index contributed by atoms with van der Waals surface area (Å²) in [6, 6.07) is 15.7. The summed E-state index contributed by atoms with van der Waals surface area (Å²) in [7, 11) is 1.65. The van der Waals surface area contributed by atoms with Gasteiger partial charge in [0, 0.05) is 10.1 Å². The molecule has 0 aliphatic rings. The van der Waals surface area contributed by atoms with Crippen molar-refractivity contribution in [3.8, 4) is 11.5 Å². The van der Waals surface area contributed by atoms with Crippen LogP contribution < -0.4 is 15.2 Å². The molecule has 19 heavy (non-hydrogen) atoms. The highest BCUT2D eigenvalue weighted by Crippen LogP contribution is 2.24. The number of hydrogen-bond acceptors (Lipinski definition) is 3. The maximum absolute atomic E-state index is 5.93. The van der Waals surface area contributed by atoms with Crippen LogP contribution in [-0.4, -0.2) is 13.7 Å². The first-order valence-electron chi connectivity index (χ1n) is 5.99. The Morgan fingerprint density at radius 1 is 1.11 bits per heavy atom. The van der Waals surface area contributed by atoms with E-state index in [0.717, 1.165) is 20.6 Å². The van der Waals surface area contributed by atoms with Gasteiger partial charge in [0.25, 0.3) is 0 Å². The van der Waals surface area contributed by atoms with E-state index in [1.54, 1.807) is 7.11 Å². The largest absolute Gasteiger partial charge is 0.497 e. The molecule has 1 unspecified atom stereocenters. The fourth-order valence-corrected chi connectivity index (χ4v) is 2.29. The van der Waals surface area contributed by atoms with Crippen molar-refractivity contribution < 1.29 is 9.47 Å². The Labute approximate surface area is 126 Å². The Balaban J connectivity index is 2.15. The van der Waals surface area contributed by atoms with Gasteiger partial charge in [-0.3, -0.25) is 0 Å². The smallest absolute Gasteiger partial charge is 0.136 e. The van der Waals surface area contributed by atoms with E-state index in [4.69, 9.17) is 15.2 Å². The third-order valence-electron chi connectivity index (χ3n) is 2.78. The summed E-state index contributed by atoms with van der Waals surface area (Å²) in [5.41, 5.74) is 6.85. The third-order valence-corrected chi connectivity index (χ3v) is 3.45. The lowest BCUT2D eigenvalue weighted by Crippen LogP contribution is -2.18. The van der Waals surface area contributed by atoms with E-state index < -0.39 is 0 Å². The number of rotatable bonds is 5. The molecule has 1 atom stereocenters. The van der Waals surface area contributed by atoms with Gasteiger partial charge in [-0.2, -0.15) is 0 Å². The van der Waals surface area contributed by atoms with Gasteiger partial charge in [-0.1, -0.05) is 18.2 Å². The van der Waals surface area contributed by atoms with Crippen molar-refractivity contribution in [2.45, 2.75) is 6.10 Å². The number of halogens is 1. The Morgan fingerprint density at radius 3 is 2.42 bits per heavy atom. The van der Waals surface area contributed by atoms with Crippen molar-refractivity contribution in [2.24, 2.45) is 5.73 Å². The first kappa shape index (κ1) is 14.1. The summed E-state index contributed by atoms with van der Waals surface area (Å²) in [6.07, 6.45) is -0.149. The van der Waals surface area contributed by atoms with Gasteiger partial charge in [-0.05, 0) is 58.5 Å². The predicted octanol–water partition coefficient (Wildman–Crippen LogP) is 3.38. The SMILES string of the molecule is COc1ccc(C(CN)Oc2cccc(I)c2)cc1. The normalized spacial score (nSPS) is 11.9. The van der Waals surface area contributed by atoms with Gasteiger partial charge in [-0.15, -0.1) is 0 Å². The Morgan fingerprint density at radius 2 is 1.84 bits per heavy atom. The second kappa shape index (κ2) is 6.77. The highest BCUT2D eigenvalue weighted by Gasteiger charge is 2.11. The quantitative estimate of drug-likeness (QED) is 0.822. The van der Waals surface area contributed by atoms with Gasteiger partial charge in [0.15, 0.2) is 0 Å². The van der Waals surface area contributed by atoms with Crippen molar-refractivity contribution in [1.29, 1.82) is 0 Å². The van der Waals surface area contributed by atoms with Crippen molar-refractivity contribution in [2.75, 3.05) is 13.7 Å². The summed E-state index contributed by atoms with van der Waals surface area (Å²) < 4.78 is 12.2. The highest BCUT2D eigenvalue weighted by molar-refractivity contribution is 14.1. The van der Waals surface area contributed by atoms with E-state index in [2.05, 4.69) is 22.6 Å². The standard InChI is InChI=1S/C15H16INO2/c1-18-13-7-5-11(6-8-13)15(10-17)19-14-4-2-3-12(16)9-14/h2-9,15H,10,17H2,1H3. The monoisotopic (exact) mass is 369 g/mol. The molecule has 0 aromatic heterocycles. The number of hydrogen-bond donors (Lipinski definition) is 1. The Kier molecular flexibility index (Phi) is 5.04. The van der Waals surface area contributed by atoms with Crippen molar-refractivity contribution in [3.05, 3.63) is 57.7 Å². The molecule has 4 heteroatoms. The Hall–Kier alpha value is -1.27. The van der Waals surface area contributed by atoms with Gasteiger partial charge in [0.2, 0.25) is 0 Å². The zero-order chi connectivity index (χ0) is 13.7. The molecule has 0 heterocycles. The zero-order valence-corrected chi connectivity index (χ0v) is 12.8. The molecular weight excluding hydrogens is 353 g/mol. The number of methoxy groups -OCH3 is 1. The predicted molar refractivity (Wildman–Crippen MR) is 84.6 cm³/mol. The summed E-state index contributed by atoms with van der Waals surface area (Å²) >= 11 is 2.26. The minimum atomic E-state index is -0.149. The van der Waals surface area contributed by atoms with Crippen LogP contribution in [0.5, 0.6) is 11.5 Å². The van der Waals surface area contributed by atoms with E-state index in [9.17, 15) is 0 Å². The van der Waals surface area contributed by atoms with Crippen LogP contribution in [0.2, 0.25) is 0 Å². The molecule has 0 saturated heterocycles. The summed E-state index contributed by atoms with van der Waals surface area (Å²) in [5, 5.41) is 0. The van der Waals surface area contributed by atoms with E-state index in [-0.39, 0.29) is 6.10 Å². The number of nitrogens with two attached hydrogens (primary N) is 1. The van der Waals surface area contributed by atoms with E-state index >= 15 is 0 Å². The maximum atomic E-state index is 5.93. The van der Waals surface area contributed by atoms with Crippen LogP contribution in [0.15, 0.2) is 48.5 Å². The molecule has 100 valence electrons. The second-order valence-corrected chi connectivity index (χ2v) is 5.32. The van der Waals surface area contributed by atoms with Crippen molar-refractivity contribution in [1.82, 2.24) is 0 Å². The summed E-state index contributed by atoms with van der Waals surface area (Å²) in [4.78, 5) is 0. The first-order valence-corrected chi connectivity index (χ1v) is 7.07. The van der Waals surface area contributed by atoms with Gasteiger partial charge in [0.1, 0.15) is 17.6 Å². The molecule has 0 fully saturated rings. The van der Waals surface area contributed by atoms with Gasteiger partial charge >= 0.3 is 0 Å². The van der Waals surface area contributed by atoms with Crippen molar-refractivity contribution in [3.63, 3.8) is 0 Å². The number of benzene rings is 2. The molecule has 0 spiro atoms. The molecule has 0 aliphatic heterocycles. The fourth-order valence-electron chi connectivity index (χ4n) is 1.78. The van der Waals surface area contributed by atoms with Crippen LogP contribution in [0, 0.1) is 3.57 Å². The van der Waals surface area contributed by atoms with Crippen LogP contribution in [-0.2, 0) is 0 Å². The lowest BCUT2D eigenvalue weighted by atomic mass is 10.1. The highest BCUT2D eigenvalue weighted by atomic mass is 127. The van der Waals surface area contributed by atoms with Crippen LogP contribution in [0.4, 0.5) is 0 Å².